The first-order valence-corrected chi connectivity index (χ1v) is 12.9. The number of imidazole rings is 1. The minimum absolute atomic E-state index is 0.0962. The molecule has 2 aliphatic rings. The van der Waals surface area contributed by atoms with Gasteiger partial charge in [-0.1, -0.05) is 0 Å². The molecule has 2 amide bonds. The fourth-order valence-electron chi connectivity index (χ4n) is 4.65. The maximum absolute atomic E-state index is 13.1. The van der Waals surface area contributed by atoms with Crippen LogP contribution in [-0.2, 0) is 15.7 Å². The van der Waals surface area contributed by atoms with E-state index < -0.39 is 29.8 Å². The van der Waals surface area contributed by atoms with Crippen LogP contribution >= 0.6 is 0 Å². The van der Waals surface area contributed by atoms with E-state index in [1.165, 1.54) is 35.7 Å². The number of carbonyl (C=O) groups is 2. The molecule has 6 rings (SSSR count). The molecule has 1 saturated heterocycles. The minimum Gasteiger partial charge on any atom is -0.493 e. The molecule has 1 fully saturated rings. The quantitative estimate of drug-likeness (QED) is 0.313. The van der Waals surface area contributed by atoms with Crippen LogP contribution in [0.1, 0.15) is 35.6 Å². The third kappa shape index (κ3) is 4.94. The molecule has 1 aromatic carbocycles. The van der Waals surface area contributed by atoms with E-state index in [2.05, 4.69) is 15.3 Å². The van der Waals surface area contributed by atoms with Gasteiger partial charge in [0.15, 0.2) is 11.6 Å². The summed E-state index contributed by atoms with van der Waals surface area (Å²) in [5.74, 6) is -0.0610. The van der Waals surface area contributed by atoms with Crippen LogP contribution in [0.15, 0.2) is 67.1 Å². The van der Waals surface area contributed by atoms with Crippen molar-refractivity contribution < 1.29 is 37.0 Å². The first-order chi connectivity index (χ1) is 20.5. The number of anilines is 2. The number of hydrogen-bond donors (Lipinski definition) is 2. The zero-order valence-corrected chi connectivity index (χ0v) is 22.5. The van der Waals surface area contributed by atoms with Crippen LogP contribution in [-0.4, -0.2) is 49.0 Å². The third-order valence-electron chi connectivity index (χ3n) is 6.65. The number of ether oxygens (including phenoxy) is 3. The molecule has 0 radical (unpaired) electrons. The number of aromatic nitrogens is 4. The fourth-order valence-corrected chi connectivity index (χ4v) is 4.65. The number of carbonyl (C=O) groups excluding carboxylic acids is 2. The van der Waals surface area contributed by atoms with Crippen molar-refractivity contribution in [3.05, 3.63) is 84.0 Å². The molecular formula is C28H22F3N7O5. The molecule has 4 aromatic rings. The Morgan fingerprint density at radius 3 is 2.77 bits per heavy atom. The van der Waals surface area contributed by atoms with Crippen molar-refractivity contribution in [1.82, 2.24) is 24.3 Å². The number of nitrogens with one attached hydrogen (secondary N) is 1. The lowest BCUT2D eigenvalue weighted by Crippen LogP contribution is -2.20. The maximum Gasteiger partial charge on any atom is 0.419 e. The average molecular weight is 594 g/mol. The van der Waals surface area contributed by atoms with Crippen LogP contribution < -0.4 is 15.8 Å². The predicted molar refractivity (Wildman–Crippen MR) is 146 cm³/mol. The van der Waals surface area contributed by atoms with E-state index in [4.69, 9.17) is 24.9 Å². The number of nitrogens with two attached hydrogens (primary N) is 1. The Bertz CT molecular complexity index is 1850. The van der Waals surface area contributed by atoms with E-state index in [1.807, 2.05) is 0 Å². The molecule has 5 heterocycles. The van der Waals surface area contributed by atoms with Gasteiger partial charge >= 0.3 is 12.3 Å². The topological polar surface area (TPSA) is 146 Å². The van der Waals surface area contributed by atoms with Crippen LogP contribution in [0.3, 0.4) is 0 Å². The minimum atomic E-state index is -4.59. The largest absolute Gasteiger partial charge is 0.493 e. The summed E-state index contributed by atoms with van der Waals surface area (Å²) in [5.41, 5.74) is 7.14. The summed E-state index contributed by atoms with van der Waals surface area (Å²) in [6, 6.07) is 6.03. The summed E-state index contributed by atoms with van der Waals surface area (Å²) in [6.45, 7) is 3.68. The molecule has 3 aromatic heterocycles. The van der Waals surface area contributed by atoms with Gasteiger partial charge in [0, 0.05) is 29.7 Å². The summed E-state index contributed by atoms with van der Waals surface area (Å²) in [5, 5.41) is 2.38. The SMILES string of the molecule is CCOc1cc(C(=O)Nc2cc(C(F)(F)F)ccn2)ccc1-c1nc(C2=CN3C(=O)O[C@@H](C)C3=CO2)n2ccnc(N)c12. The molecule has 0 aliphatic carbocycles. The van der Waals surface area contributed by atoms with Gasteiger partial charge in [-0.25, -0.2) is 24.6 Å². The molecule has 1 atom stereocenters. The summed E-state index contributed by atoms with van der Waals surface area (Å²) >= 11 is 0. The molecular weight excluding hydrogens is 571 g/mol. The van der Waals surface area contributed by atoms with Gasteiger partial charge in [0.2, 0.25) is 0 Å². The number of rotatable bonds is 6. The number of halogens is 3. The fraction of sp³-hybridized carbons (Fsp3) is 0.179. The number of pyridine rings is 1. The van der Waals surface area contributed by atoms with Gasteiger partial charge in [0.05, 0.1) is 18.4 Å². The monoisotopic (exact) mass is 593 g/mol. The van der Waals surface area contributed by atoms with E-state index in [1.54, 1.807) is 30.5 Å². The third-order valence-corrected chi connectivity index (χ3v) is 6.65. The number of fused-ring (bicyclic) bond motifs is 2. The number of nitrogens with zero attached hydrogens (tertiary/aromatic N) is 5. The maximum atomic E-state index is 13.1. The van der Waals surface area contributed by atoms with Crippen molar-refractivity contribution >= 4 is 34.9 Å². The number of cyclic esters (lactones) is 1. The number of benzene rings is 1. The lowest BCUT2D eigenvalue weighted by molar-refractivity contribution is -0.137. The lowest BCUT2D eigenvalue weighted by Gasteiger charge is -2.18. The Labute approximate surface area is 241 Å². The first-order valence-electron chi connectivity index (χ1n) is 12.9. The Balaban J connectivity index is 1.39. The molecule has 0 bridgehead atoms. The number of hydrogen-bond acceptors (Lipinski definition) is 9. The van der Waals surface area contributed by atoms with Gasteiger partial charge < -0.3 is 25.3 Å². The number of alkyl halides is 3. The highest BCUT2D eigenvalue weighted by Gasteiger charge is 2.37. The predicted octanol–water partition coefficient (Wildman–Crippen LogP) is 5.05. The smallest absolute Gasteiger partial charge is 0.419 e. The molecule has 43 heavy (non-hydrogen) atoms. The van der Waals surface area contributed by atoms with Crippen LogP contribution in [0.25, 0.3) is 22.5 Å². The average Bonchev–Trinajstić information content (AvgIpc) is 3.50. The second kappa shape index (κ2) is 10.3. The van der Waals surface area contributed by atoms with Gasteiger partial charge in [0.1, 0.15) is 46.7 Å². The van der Waals surface area contributed by atoms with Crippen molar-refractivity contribution in [1.29, 1.82) is 0 Å². The summed E-state index contributed by atoms with van der Waals surface area (Å²) in [7, 11) is 0. The molecule has 0 unspecified atom stereocenters. The van der Waals surface area contributed by atoms with Crippen LogP contribution in [0, 0.1) is 0 Å². The highest BCUT2D eigenvalue weighted by Crippen LogP contribution is 2.38. The molecule has 15 heteroatoms. The number of nitrogen functional groups attached to an aromatic ring is 1. The van der Waals surface area contributed by atoms with Crippen molar-refractivity contribution in [2.24, 2.45) is 0 Å². The van der Waals surface area contributed by atoms with E-state index in [0.717, 1.165) is 18.3 Å². The number of amides is 2. The molecule has 220 valence electrons. The van der Waals surface area contributed by atoms with Gasteiger partial charge in [-0.05, 0) is 44.2 Å². The molecule has 3 N–H and O–H groups in total. The Morgan fingerprint density at radius 2 is 2.00 bits per heavy atom. The van der Waals surface area contributed by atoms with E-state index >= 15 is 0 Å². The van der Waals surface area contributed by atoms with Crippen LogP contribution in [0.4, 0.5) is 29.6 Å². The zero-order chi connectivity index (χ0) is 30.5. The molecule has 0 saturated carbocycles. The first kappa shape index (κ1) is 27.6. The highest BCUT2D eigenvalue weighted by atomic mass is 19.4. The lowest BCUT2D eigenvalue weighted by atomic mass is 10.1. The van der Waals surface area contributed by atoms with Gasteiger partial charge in [-0.2, -0.15) is 13.2 Å². The second-order valence-electron chi connectivity index (χ2n) is 9.39. The van der Waals surface area contributed by atoms with Gasteiger partial charge in [-0.15, -0.1) is 0 Å². The molecule has 0 spiro atoms. The Kier molecular flexibility index (Phi) is 6.63. The van der Waals surface area contributed by atoms with E-state index in [9.17, 15) is 22.8 Å². The van der Waals surface area contributed by atoms with Crippen molar-refractivity contribution in [2.75, 3.05) is 17.7 Å². The summed E-state index contributed by atoms with van der Waals surface area (Å²) in [6.07, 6.45) is 1.30. The van der Waals surface area contributed by atoms with E-state index in [0.29, 0.717) is 28.3 Å². The molecule has 12 nitrogen and oxygen atoms in total. The summed E-state index contributed by atoms with van der Waals surface area (Å²) in [4.78, 5) is 39.4. The van der Waals surface area contributed by atoms with Crippen LogP contribution in [0.5, 0.6) is 5.75 Å². The van der Waals surface area contributed by atoms with Crippen LogP contribution in [0.2, 0.25) is 0 Å². The van der Waals surface area contributed by atoms with Gasteiger partial charge in [-0.3, -0.25) is 9.20 Å². The zero-order valence-electron chi connectivity index (χ0n) is 22.5. The van der Waals surface area contributed by atoms with Crippen molar-refractivity contribution in [3.8, 4) is 17.0 Å². The second-order valence-corrected chi connectivity index (χ2v) is 9.39. The summed E-state index contributed by atoms with van der Waals surface area (Å²) < 4.78 is 57.9. The van der Waals surface area contributed by atoms with E-state index in [-0.39, 0.29) is 35.3 Å². The van der Waals surface area contributed by atoms with Gasteiger partial charge in [0.25, 0.3) is 5.91 Å². The van der Waals surface area contributed by atoms with Crippen molar-refractivity contribution in [3.63, 3.8) is 0 Å². The van der Waals surface area contributed by atoms with Crippen molar-refractivity contribution in [2.45, 2.75) is 26.1 Å². The normalized spacial score (nSPS) is 16.3. The molecule has 2 aliphatic heterocycles. The Hall–Kier alpha value is -5.60. The Morgan fingerprint density at radius 1 is 1.19 bits per heavy atom. The standard InChI is InChI=1S/C28H22F3N7O5/c1-3-41-19-10-15(26(39)35-21-11-16(6-7-33-21)28(29,30)31)4-5-17(19)22-23-24(32)34-8-9-37(23)25(36-22)20-12-38-18(13-42-20)14(2)43-27(38)40/h4-14H,3H2,1-2H3,(H2,32,34)(H,33,35,39)/t14-/m0/s1. The highest BCUT2D eigenvalue weighted by molar-refractivity contribution is 6.05.